The number of carbonyl (C=O) groups is 1. The zero-order valence-electron chi connectivity index (χ0n) is 20.1. The van der Waals surface area contributed by atoms with E-state index in [1.165, 1.54) is 17.7 Å². The van der Waals surface area contributed by atoms with Gasteiger partial charge in [-0.3, -0.25) is 9.88 Å². The number of likely N-dealkylation sites (tertiary alicyclic amines) is 1. The molecule has 2 unspecified atom stereocenters. The number of amides is 1. The van der Waals surface area contributed by atoms with Gasteiger partial charge in [0.25, 0.3) is 0 Å². The molecule has 1 fully saturated rings. The fourth-order valence-electron chi connectivity index (χ4n) is 5.88. The number of hydrogen-bond acceptors (Lipinski definition) is 4. The van der Waals surface area contributed by atoms with Crippen LogP contribution in [0, 0.1) is 0 Å². The Morgan fingerprint density at radius 3 is 2.91 bits per heavy atom. The fraction of sp³-hybridized carbons (Fsp3) is 0.519. The van der Waals surface area contributed by atoms with Gasteiger partial charge in [-0.2, -0.15) is 0 Å². The zero-order valence-corrected chi connectivity index (χ0v) is 20.1. The molecule has 1 N–H and O–H groups in total. The molecule has 1 aliphatic heterocycles. The molecule has 1 aliphatic carbocycles. The molecule has 7 nitrogen and oxygen atoms in total. The maximum absolute atomic E-state index is 11.6. The maximum Gasteiger partial charge on any atom is 0.407 e. The molecule has 1 aromatic carbocycles. The molecule has 0 radical (unpaired) electrons. The lowest BCUT2D eigenvalue weighted by atomic mass is 9.91. The monoisotopic (exact) mass is 461 g/mol. The van der Waals surface area contributed by atoms with Gasteiger partial charge in [0, 0.05) is 25.3 Å². The first-order valence-corrected chi connectivity index (χ1v) is 12.7. The summed E-state index contributed by atoms with van der Waals surface area (Å²) < 4.78 is 2.35. The van der Waals surface area contributed by atoms with Gasteiger partial charge < -0.3 is 14.6 Å². The number of aryl methyl sites for hydroxylation is 2. The number of imidazole rings is 1. The van der Waals surface area contributed by atoms with Crippen LogP contribution in [0.3, 0.4) is 0 Å². The summed E-state index contributed by atoms with van der Waals surface area (Å²) in [6, 6.07) is 13.0. The van der Waals surface area contributed by atoms with Crippen LogP contribution in [0.1, 0.15) is 68.1 Å². The smallest absolute Gasteiger partial charge is 0.407 e. The Bertz CT molecular complexity index is 1140. The summed E-state index contributed by atoms with van der Waals surface area (Å²) in [6.45, 7) is 2.29. The normalized spacial score (nSPS) is 20.6. The minimum absolute atomic E-state index is 0.136. The second-order valence-electron chi connectivity index (χ2n) is 9.81. The van der Waals surface area contributed by atoms with Gasteiger partial charge >= 0.3 is 6.09 Å². The molecular formula is C27H35N5O2. The third-order valence-electron chi connectivity index (χ3n) is 7.61. The van der Waals surface area contributed by atoms with E-state index in [1.54, 1.807) is 4.90 Å². The van der Waals surface area contributed by atoms with Gasteiger partial charge in [-0.1, -0.05) is 18.2 Å². The van der Waals surface area contributed by atoms with Gasteiger partial charge in [0.2, 0.25) is 0 Å². The molecule has 2 atom stereocenters. The molecule has 7 heteroatoms. The second-order valence-corrected chi connectivity index (χ2v) is 9.81. The lowest BCUT2D eigenvalue weighted by Crippen LogP contribution is -2.43. The molecule has 5 rings (SSSR count). The van der Waals surface area contributed by atoms with E-state index in [9.17, 15) is 9.90 Å². The standard InChI is InChI=1S/C27H35N5O2/c1-30(24-15-6-9-20-10-7-16-28-26(20)24)19-25-29-22-13-2-3-14-23(22)32(25)18-8-12-21-11-4-5-17-31(21)27(33)34/h2-3,7,10,13-14,16,21,24H,4-6,8-9,11-12,15,17-19H2,1H3,(H,33,34). The first-order valence-electron chi connectivity index (χ1n) is 12.7. The molecule has 180 valence electrons. The van der Waals surface area contributed by atoms with Gasteiger partial charge in [0.1, 0.15) is 5.82 Å². The summed E-state index contributed by atoms with van der Waals surface area (Å²) in [5.74, 6) is 1.07. The molecule has 0 bridgehead atoms. The highest BCUT2D eigenvalue weighted by Gasteiger charge is 2.27. The van der Waals surface area contributed by atoms with Crippen LogP contribution < -0.4 is 0 Å². The largest absolute Gasteiger partial charge is 0.465 e. The van der Waals surface area contributed by atoms with Crippen molar-refractivity contribution >= 4 is 17.1 Å². The molecule has 0 spiro atoms. The van der Waals surface area contributed by atoms with Gasteiger partial charge in [-0.15, -0.1) is 0 Å². The Kier molecular flexibility index (Phi) is 6.81. The number of piperidine rings is 1. The Labute approximate surface area is 201 Å². The second kappa shape index (κ2) is 10.1. The van der Waals surface area contributed by atoms with E-state index in [1.807, 2.05) is 18.3 Å². The third-order valence-corrected chi connectivity index (χ3v) is 7.61. The highest BCUT2D eigenvalue weighted by Crippen LogP contribution is 2.33. The minimum atomic E-state index is -0.776. The number of rotatable bonds is 7. The molecule has 34 heavy (non-hydrogen) atoms. The van der Waals surface area contributed by atoms with E-state index in [2.05, 4.69) is 40.8 Å². The Morgan fingerprint density at radius 1 is 1.15 bits per heavy atom. The maximum atomic E-state index is 11.6. The van der Waals surface area contributed by atoms with E-state index in [0.29, 0.717) is 12.6 Å². The lowest BCUT2D eigenvalue weighted by Gasteiger charge is -2.33. The van der Waals surface area contributed by atoms with Crippen LogP contribution in [-0.4, -0.2) is 55.2 Å². The first kappa shape index (κ1) is 22.8. The van der Waals surface area contributed by atoms with Crippen LogP contribution in [0.5, 0.6) is 0 Å². The van der Waals surface area contributed by atoms with Gasteiger partial charge in [-0.25, -0.2) is 9.78 Å². The number of pyridine rings is 1. The van der Waals surface area contributed by atoms with Crippen LogP contribution >= 0.6 is 0 Å². The van der Waals surface area contributed by atoms with E-state index >= 15 is 0 Å². The summed E-state index contributed by atoms with van der Waals surface area (Å²) in [6.07, 6.45) is 9.46. The molecule has 1 amide bonds. The SMILES string of the molecule is CN(Cc1nc2ccccc2n1CCCC1CCCCN1C(=O)O)C1CCCc2cccnc21. The number of fused-ring (bicyclic) bond motifs is 2. The van der Waals surface area contributed by atoms with Crippen molar-refractivity contribution in [2.45, 2.75) is 76.5 Å². The van der Waals surface area contributed by atoms with Crippen molar-refractivity contribution in [1.29, 1.82) is 0 Å². The van der Waals surface area contributed by atoms with Crippen molar-refractivity contribution in [3.63, 3.8) is 0 Å². The molecule has 2 aliphatic rings. The highest BCUT2D eigenvalue weighted by molar-refractivity contribution is 5.75. The first-order chi connectivity index (χ1) is 16.6. The van der Waals surface area contributed by atoms with Crippen LogP contribution in [0.4, 0.5) is 4.79 Å². The molecule has 0 saturated carbocycles. The van der Waals surface area contributed by atoms with Crippen LogP contribution in [-0.2, 0) is 19.5 Å². The van der Waals surface area contributed by atoms with E-state index in [0.717, 1.165) is 74.9 Å². The van der Waals surface area contributed by atoms with Crippen molar-refractivity contribution in [3.8, 4) is 0 Å². The third kappa shape index (κ3) is 4.67. The van der Waals surface area contributed by atoms with E-state index in [4.69, 9.17) is 9.97 Å². The molecule has 1 saturated heterocycles. The van der Waals surface area contributed by atoms with Crippen LogP contribution in [0.15, 0.2) is 42.6 Å². The minimum Gasteiger partial charge on any atom is -0.465 e. The average molecular weight is 462 g/mol. The van der Waals surface area contributed by atoms with Crippen molar-refractivity contribution in [1.82, 2.24) is 24.3 Å². The van der Waals surface area contributed by atoms with Gasteiger partial charge in [0.15, 0.2) is 0 Å². The Morgan fingerprint density at radius 2 is 2.03 bits per heavy atom. The summed E-state index contributed by atoms with van der Waals surface area (Å²) in [5, 5.41) is 9.57. The number of hydrogen-bond donors (Lipinski definition) is 1. The van der Waals surface area contributed by atoms with E-state index in [-0.39, 0.29) is 6.04 Å². The van der Waals surface area contributed by atoms with Crippen molar-refractivity contribution in [3.05, 3.63) is 59.7 Å². The van der Waals surface area contributed by atoms with Crippen molar-refractivity contribution in [2.24, 2.45) is 0 Å². The summed E-state index contributed by atoms with van der Waals surface area (Å²) in [7, 11) is 2.19. The van der Waals surface area contributed by atoms with Crippen molar-refractivity contribution in [2.75, 3.05) is 13.6 Å². The molecular weight excluding hydrogens is 426 g/mol. The average Bonchev–Trinajstić information content (AvgIpc) is 3.20. The van der Waals surface area contributed by atoms with Gasteiger partial charge in [-0.05, 0) is 82.2 Å². The van der Waals surface area contributed by atoms with E-state index < -0.39 is 6.09 Å². The van der Waals surface area contributed by atoms with Crippen molar-refractivity contribution < 1.29 is 9.90 Å². The number of benzene rings is 1. The summed E-state index contributed by atoms with van der Waals surface area (Å²) >= 11 is 0. The van der Waals surface area contributed by atoms with Crippen LogP contribution in [0.25, 0.3) is 11.0 Å². The molecule has 3 aromatic rings. The molecule has 3 heterocycles. The highest BCUT2D eigenvalue weighted by atomic mass is 16.4. The lowest BCUT2D eigenvalue weighted by molar-refractivity contribution is 0.102. The predicted octanol–water partition coefficient (Wildman–Crippen LogP) is 5.25. The number of carboxylic acid groups (broad SMARTS) is 1. The number of nitrogens with zero attached hydrogens (tertiary/aromatic N) is 5. The topological polar surface area (TPSA) is 74.5 Å². The Hall–Kier alpha value is -2.93. The van der Waals surface area contributed by atoms with Gasteiger partial charge in [0.05, 0.1) is 29.3 Å². The van der Waals surface area contributed by atoms with Crippen LogP contribution in [0.2, 0.25) is 0 Å². The predicted molar refractivity (Wildman–Crippen MR) is 133 cm³/mol. The zero-order chi connectivity index (χ0) is 23.5. The molecule has 2 aromatic heterocycles. The number of aromatic nitrogens is 3. The fourth-order valence-corrected chi connectivity index (χ4v) is 5.88. The Balaban J connectivity index is 1.33. The summed E-state index contributed by atoms with van der Waals surface area (Å²) in [5.41, 5.74) is 4.77. The quantitative estimate of drug-likeness (QED) is 0.520. The summed E-state index contributed by atoms with van der Waals surface area (Å²) in [4.78, 5) is 25.4. The number of para-hydroxylation sites is 2.